The number of carbonyl (C=O) groups is 1. The van der Waals surface area contributed by atoms with Gasteiger partial charge in [0.15, 0.2) is 8.32 Å². The summed E-state index contributed by atoms with van der Waals surface area (Å²) in [5.41, 5.74) is 0. The Balaban J connectivity index is 2.40. The first kappa shape index (κ1) is 16.7. The third kappa shape index (κ3) is 4.89. The Bertz CT molecular complexity index is 304. The largest absolute Gasteiger partial charge is 0.469 e. The van der Waals surface area contributed by atoms with E-state index in [4.69, 9.17) is 9.16 Å². The zero-order chi connectivity index (χ0) is 14.7. The molecule has 0 bridgehead atoms. The van der Waals surface area contributed by atoms with Crippen molar-refractivity contribution in [3.8, 4) is 0 Å². The smallest absolute Gasteiger partial charge is 0.307 e. The van der Waals surface area contributed by atoms with Gasteiger partial charge in [-0.15, -0.1) is 0 Å². The van der Waals surface area contributed by atoms with Crippen LogP contribution in [0, 0.1) is 0 Å². The molecule has 0 aliphatic carbocycles. The van der Waals surface area contributed by atoms with E-state index in [1.54, 1.807) is 0 Å². The lowest BCUT2D eigenvalue weighted by Gasteiger charge is -2.41. The Morgan fingerprint density at radius 1 is 1.32 bits per heavy atom. The third-order valence-electron chi connectivity index (χ3n) is 4.38. The quantitative estimate of drug-likeness (QED) is 0.638. The van der Waals surface area contributed by atoms with Gasteiger partial charge in [-0.3, -0.25) is 4.79 Å². The molecule has 0 aromatic carbocycles. The molecule has 1 fully saturated rings. The number of rotatable bonds is 4. The Morgan fingerprint density at radius 3 is 2.37 bits per heavy atom. The fourth-order valence-electron chi connectivity index (χ4n) is 2.04. The van der Waals surface area contributed by atoms with Crippen molar-refractivity contribution >= 4 is 14.3 Å². The van der Waals surface area contributed by atoms with E-state index in [1.165, 1.54) is 7.11 Å². The highest BCUT2D eigenvalue weighted by Gasteiger charge is 2.39. The van der Waals surface area contributed by atoms with E-state index in [1.807, 2.05) is 0 Å². The summed E-state index contributed by atoms with van der Waals surface area (Å²) in [6, 6.07) is 0.242. The van der Waals surface area contributed by atoms with Crippen LogP contribution in [0.15, 0.2) is 0 Å². The molecule has 1 heterocycles. The van der Waals surface area contributed by atoms with Crippen LogP contribution < -0.4 is 5.32 Å². The summed E-state index contributed by atoms with van der Waals surface area (Å²) in [4.78, 5) is 11.2. The van der Waals surface area contributed by atoms with Crippen LogP contribution in [0.5, 0.6) is 0 Å². The highest BCUT2D eigenvalue weighted by atomic mass is 28.4. The summed E-state index contributed by atoms with van der Waals surface area (Å²) < 4.78 is 11.1. The van der Waals surface area contributed by atoms with Crippen LogP contribution in [-0.2, 0) is 14.0 Å². The van der Waals surface area contributed by atoms with Crippen LogP contribution in [0.3, 0.4) is 0 Å². The molecule has 4 nitrogen and oxygen atoms in total. The molecule has 19 heavy (non-hydrogen) atoms. The summed E-state index contributed by atoms with van der Waals surface area (Å²) in [5.74, 6) is -0.138. The van der Waals surface area contributed by atoms with E-state index in [0.717, 1.165) is 19.4 Å². The van der Waals surface area contributed by atoms with Gasteiger partial charge in [0.25, 0.3) is 0 Å². The molecule has 0 saturated carbocycles. The molecular formula is C14H29NO3Si. The van der Waals surface area contributed by atoms with Gasteiger partial charge in [0.05, 0.1) is 19.6 Å². The third-order valence-corrected chi connectivity index (χ3v) is 8.91. The van der Waals surface area contributed by atoms with Gasteiger partial charge in [-0.2, -0.15) is 0 Å². The molecule has 1 aliphatic heterocycles. The van der Waals surface area contributed by atoms with Crippen LogP contribution in [0.4, 0.5) is 0 Å². The van der Waals surface area contributed by atoms with Gasteiger partial charge in [-0.05, 0) is 31.0 Å². The molecule has 2 atom stereocenters. The lowest BCUT2D eigenvalue weighted by Crippen LogP contribution is -2.50. The van der Waals surface area contributed by atoms with Crippen molar-refractivity contribution in [1.82, 2.24) is 5.32 Å². The van der Waals surface area contributed by atoms with Crippen LogP contribution >= 0.6 is 0 Å². The molecular weight excluding hydrogens is 258 g/mol. The van der Waals surface area contributed by atoms with Crippen molar-refractivity contribution in [1.29, 1.82) is 0 Å². The highest BCUT2D eigenvalue weighted by molar-refractivity contribution is 6.74. The van der Waals surface area contributed by atoms with Crippen molar-refractivity contribution < 1.29 is 14.0 Å². The second-order valence-electron chi connectivity index (χ2n) is 6.96. The number of nitrogens with one attached hydrogen (secondary N) is 1. The molecule has 0 aromatic rings. The molecule has 1 rings (SSSR count). The summed E-state index contributed by atoms with van der Waals surface area (Å²) in [7, 11) is -0.246. The van der Waals surface area contributed by atoms with E-state index in [0.29, 0.717) is 6.42 Å². The van der Waals surface area contributed by atoms with E-state index in [9.17, 15) is 4.79 Å². The number of methoxy groups -OCH3 is 1. The van der Waals surface area contributed by atoms with E-state index in [-0.39, 0.29) is 23.2 Å². The fraction of sp³-hybridized carbons (Fsp3) is 0.929. The maximum Gasteiger partial charge on any atom is 0.307 e. The fourth-order valence-corrected chi connectivity index (χ4v) is 3.43. The summed E-state index contributed by atoms with van der Waals surface area (Å²) in [6.07, 6.45) is 2.76. The van der Waals surface area contributed by atoms with Gasteiger partial charge in [0.1, 0.15) is 0 Å². The Labute approximate surface area is 118 Å². The van der Waals surface area contributed by atoms with Gasteiger partial charge in [-0.1, -0.05) is 20.8 Å². The summed E-state index contributed by atoms with van der Waals surface area (Å²) >= 11 is 0. The van der Waals surface area contributed by atoms with Crippen LogP contribution in [0.2, 0.25) is 18.1 Å². The highest BCUT2D eigenvalue weighted by Crippen LogP contribution is 2.38. The van der Waals surface area contributed by atoms with E-state index < -0.39 is 8.32 Å². The van der Waals surface area contributed by atoms with Gasteiger partial charge < -0.3 is 14.5 Å². The summed E-state index contributed by atoms with van der Waals surface area (Å²) in [6.45, 7) is 12.2. The van der Waals surface area contributed by atoms with Crippen molar-refractivity contribution in [2.75, 3.05) is 13.7 Å². The van der Waals surface area contributed by atoms with Crippen LogP contribution in [0.25, 0.3) is 0 Å². The van der Waals surface area contributed by atoms with E-state index in [2.05, 4.69) is 39.2 Å². The molecule has 0 amide bonds. The first-order valence-corrected chi connectivity index (χ1v) is 10.0. The Morgan fingerprint density at radius 2 is 1.95 bits per heavy atom. The van der Waals surface area contributed by atoms with Crippen molar-refractivity contribution in [3.63, 3.8) is 0 Å². The van der Waals surface area contributed by atoms with Crippen molar-refractivity contribution in [3.05, 3.63) is 0 Å². The van der Waals surface area contributed by atoms with Gasteiger partial charge >= 0.3 is 5.97 Å². The first-order chi connectivity index (χ1) is 8.65. The number of carbonyl (C=O) groups excluding carboxylic acids is 1. The maximum absolute atomic E-state index is 11.2. The molecule has 112 valence electrons. The second-order valence-corrected chi connectivity index (χ2v) is 11.7. The second kappa shape index (κ2) is 6.37. The maximum atomic E-state index is 11.2. The average Bonchev–Trinajstić information content (AvgIpc) is 2.29. The number of ether oxygens (including phenoxy) is 1. The van der Waals surface area contributed by atoms with E-state index >= 15 is 0 Å². The predicted molar refractivity (Wildman–Crippen MR) is 79.7 cm³/mol. The monoisotopic (exact) mass is 287 g/mol. The Kier molecular flexibility index (Phi) is 5.59. The molecule has 1 aliphatic rings. The Hall–Kier alpha value is -0.393. The van der Waals surface area contributed by atoms with Crippen LogP contribution in [-0.4, -0.2) is 40.1 Å². The lowest BCUT2D eigenvalue weighted by atomic mass is 10.0. The molecule has 0 unspecified atom stereocenters. The molecule has 0 spiro atoms. The minimum Gasteiger partial charge on any atom is -0.469 e. The molecule has 0 aromatic heterocycles. The van der Waals surface area contributed by atoms with Gasteiger partial charge in [-0.25, -0.2) is 0 Å². The number of hydrogen-bond acceptors (Lipinski definition) is 4. The van der Waals surface area contributed by atoms with Crippen LogP contribution in [0.1, 0.15) is 40.0 Å². The number of piperidine rings is 1. The first-order valence-electron chi connectivity index (χ1n) is 7.14. The topological polar surface area (TPSA) is 47.6 Å². The minimum atomic E-state index is -1.68. The molecule has 1 saturated heterocycles. The summed E-state index contributed by atoms with van der Waals surface area (Å²) in [5, 5.41) is 3.65. The standard InChI is InChI=1S/C14H29NO3Si/c1-14(2,3)19(5,6)18-12-8-7-11(15-10-12)9-13(16)17-4/h11-12,15H,7-10H2,1-6H3/t11-,12-/m0/s1. The molecule has 1 N–H and O–H groups in total. The van der Waals surface area contributed by atoms with Gasteiger partial charge in [0, 0.05) is 12.6 Å². The zero-order valence-electron chi connectivity index (χ0n) is 13.2. The zero-order valence-corrected chi connectivity index (χ0v) is 14.2. The molecule has 5 heteroatoms. The van der Waals surface area contributed by atoms with Crippen molar-refractivity contribution in [2.24, 2.45) is 0 Å². The minimum absolute atomic E-state index is 0.138. The molecule has 0 radical (unpaired) electrons. The van der Waals surface area contributed by atoms with Crippen molar-refractivity contribution in [2.45, 2.75) is 70.3 Å². The predicted octanol–water partition coefficient (Wildman–Crippen LogP) is 2.69. The number of hydrogen-bond donors (Lipinski definition) is 1. The average molecular weight is 287 g/mol. The number of esters is 1. The lowest BCUT2D eigenvalue weighted by molar-refractivity contribution is -0.141. The normalized spacial score (nSPS) is 25.2. The van der Waals surface area contributed by atoms with Gasteiger partial charge in [0.2, 0.25) is 0 Å². The SMILES string of the molecule is COC(=O)C[C@@H]1CC[C@H](O[Si](C)(C)C(C)(C)C)CN1.